The fourth-order valence-corrected chi connectivity index (χ4v) is 4.01. The molecule has 2 rings (SSSR count). The van der Waals surface area contributed by atoms with Gasteiger partial charge in [-0.3, -0.25) is 4.79 Å². The van der Waals surface area contributed by atoms with Crippen molar-refractivity contribution in [1.29, 1.82) is 0 Å². The number of thiophene rings is 1. The van der Waals surface area contributed by atoms with Gasteiger partial charge in [-0.25, -0.2) is 0 Å². The van der Waals surface area contributed by atoms with Crippen molar-refractivity contribution in [2.75, 3.05) is 17.7 Å². The first-order valence-electron chi connectivity index (χ1n) is 4.60. The second kappa shape index (κ2) is 3.59. The lowest BCUT2D eigenvalue weighted by Gasteiger charge is -2.12. The van der Waals surface area contributed by atoms with E-state index in [1.54, 1.807) is 16.2 Å². The van der Waals surface area contributed by atoms with Crippen LogP contribution in [0.5, 0.6) is 0 Å². The predicted molar refractivity (Wildman–Crippen MR) is 62.5 cm³/mol. The number of nitrogens with zero attached hydrogens (tertiary/aromatic N) is 1. The van der Waals surface area contributed by atoms with E-state index >= 15 is 0 Å². The van der Waals surface area contributed by atoms with E-state index in [0.29, 0.717) is 6.42 Å². The molecule has 0 radical (unpaired) electrons. The number of rotatable bonds is 0. The Morgan fingerprint density at radius 1 is 1.36 bits per heavy atom. The summed E-state index contributed by atoms with van der Waals surface area (Å²) in [6.45, 7) is 4.26. The molecule has 0 aromatic carbocycles. The smallest absolute Gasteiger partial charge is 0.228 e. The molecule has 14 heavy (non-hydrogen) atoms. The lowest BCUT2D eigenvalue weighted by molar-refractivity contribution is -0.117. The maximum Gasteiger partial charge on any atom is 0.228 e. The number of carbonyl (C=O) groups excluding carboxylic acids is 1. The second-order valence-electron chi connectivity index (χ2n) is 3.47. The fraction of sp³-hybridized carbons (Fsp3) is 0.500. The number of carbonyl (C=O) groups is 1. The minimum absolute atomic E-state index is 0.234. The summed E-state index contributed by atoms with van der Waals surface area (Å²) < 4.78 is 0. The first-order chi connectivity index (χ1) is 6.61. The van der Waals surface area contributed by atoms with Gasteiger partial charge in [0.05, 0.1) is 0 Å². The zero-order valence-corrected chi connectivity index (χ0v) is 10.2. The van der Waals surface area contributed by atoms with E-state index in [0.717, 1.165) is 10.8 Å². The van der Waals surface area contributed by atoms with Crippen molar-refractivity contribution in [1.82, 2.24) is 0 Å². The summed E-state index contributed by atoms with van der Waals surface area (Å²) in [5.41, 5.74) is 1.34. The minimum Gasteiger partial charge on any atom is -0.306 e. The van der Waals surface area contributed by atoms with Gasteiger partial charge in [-0.1, -0.05) is 0 Å². The summed E-state index contributed by atoms with van der Waals surface area (Å²) in [5.74, 6) is 1.14. The normalized spacial score (nSPS) is 16.8. The Hall–Kier alpha value is -0.480. The molecular weight excluding hydrogens is 214 g/mol. The van der Waals surface area contributed by atoms with Crippen LogP contribution < -0.4 is 4.90 Å². The molecule has 0 aliphatic carbocycles. The van der Waals surface area contributed by atoms with Crippen LogP contribution in [0.25, 0.3) is 0 Å². The van der Waals surface area contributed by atoms with Crippen LogP contribution in [-0.4, -0.2) is 18.7 Å². The molecule has 1 aliphatic rings. The number of hydrogen-bond donors (Lipinski definition) is 0. The molecule has 0 N–H and O–H groups in total. The average molecular weight is 227 g/mol. The van der Waals surface area contributed by atoms with E-state index in [9.17, 15) is 4.79 Å². The molecule has 0 atom stereocenters. The third-order valence-corrected chi connectivity index (χ3v) is 5.16. The molecule has 76 valence electrons. The van der Waals surface area contributed by atoms with Crippen molar-refractivity contribution < 1.29 is 4.79 Å². The van der Waals surface area contributed by atoms with Gasteiger partial charge >= 0.3 is 0 Å². The molecule has 1 aromatic heterocycles. The molecule has 0 spiro atoms. The Labute approximate surface area is 92.3 Å². The predicted octanol–water partition coefficient (Wildman–Crippen LogP) is 2.82. The molecule has 1 aromatic rings. The topological polar surface area (TPSA) is 20.3 Å². The Morgan fingerprint density at radius 3 is 2.79 bits per heavy atom. The number of aryl methyl sites for hydroxylation is 1. The van der Waals surface area contributed by atoms with Crippen LogP contribution >= 0.6 is 23.1 Å². The van der Waals surface area contributed by atoms with E-state index in [1.165, 1.54) is 15.3 Å². The van der Waals surface area contributed by atoms with E-state index in [1.807, 2.05) is 18.8 Å². The number of amides is 1. The highest BCUT2D eigenvalue weighted by Crippen LogP contribution is 2.43. The highest BCUT2D eigenvalue weighted by molar-refractivity contribution is 7.99. The monoisotopic (exact) mass is 227 g/mol. The number of anilines is 1. The summed E-state index contributed by atoms with van der Waals surface area (Å²) in [7, 11) is 1.88. The van der Waals surface area contributed by atoms with Gasteiger partial charge in [-0.2, -0.15) is 0 Å². The quantitative estimate of drug-likeness (QED) is 0.679. The molecule has 4 heteroatoms. The standard InChI is InChI=1S/C10H13NOS2/c1-6-7(2)14-10-9(6)13-5-4-8(12)11(10)3/h4-5H2,1-3H3. The van der Waals surface area contributed by atoms with Crippen LogP contribution in [0.2, 0.25) is 0 Å². The van der Waals surface area contributed by atoms with Gasteiger partial charge in [0.1, 0.15) is 5.00 Å². The van der Waals surface area contributed by atoms with Crippen molar-refractivity contribution in [2.45, 2.75) is 25.2 Å². The molecule has 0 unspecified atom stereocenters. The van der Waals surface area contributed by atoms with E-state index in [4.69, 9.17) is 0 Å². The maximum atomic E-state index is 11.6. The van der Waals surface area contributed by atoms with Crippen LogP contribution in [0.15, 0.2) is 4.90 Å². The highest BCUT2D eigenvalue weighted by Gasteiger charge is 2.23. The van der Waals surface area contributed by atoms with Crippen LogP contribution in [-0.2, 0) is 4.79 Å². The lowest BCUT2D eigenvalue weighted by Crippen LogP contribution is -2.24. The zero-order chi connectivity index (χ0) is 10.3. The summed E-state index contributed by atoms with van der Waals surface area (Å²) in [5, 5.41) is 1.13. The molecule has 2 heterocycles. The third kappa shape index (κ3) is 1.46. The van der Waals surface area contributed by atoms with Gasteiger partial charge < -0.3 is 4.90 Å². The Bertz CT molecular complexity index is 384. The number of hydrogen-bond acceptors (Lipinski definition) is 3. The SMILES string of the molecule is Cc1sc2c(c1C)SCCC(=O)N2C. The molecule has 2 nitrogen and oxygen atoms in total. The van der Waals surface area contributed by atoms with Crippen LogP contribution in [0, 0.1) is 13.8 Å². The van der Waals surface area contributed by atoms with Crippen molar-refractivity contribution >= 4 is 34.0 Å². The molecular formula is C10H13NOS2. The molecule has 0 saturated carbocycles. The minimum atomic E-state index is 0.234. The molecule has 1 aliphatic heterocycles. The summed E-state index contributed by atoms with van der Waals surface area (Å²) in [4.78, 5) is 16.1. The third-order valence-electron chi connectivity index (χ3n) is 2.55. The van der Waals surface area contributed by atoms with Gasteiger partial charge in [0.15, 0.2) is 0 Å². The van der Waals surface area contributed by atoms with Crippen molar-refractivity contribution in [3.63, 3.8) is 0 Å². The Kier molecular flexibility index (Phi) is 2.58. The molecule has 1 amide bonds. The largest absolute Gasteiger partial charge is 0.306 e. The molecule has 0 fully saturated rings. The van der Waals surface area contributed by atoms with E-state index in [-0.39, 0.29) is 5.91 Å². The first-order valence-corrected chi connectivity index (χ1v) is 6.41. The van der Waals surface area contributed by atoms with Crippen molar-refractivity contribution in [3.05, 3.63) is 10.4 Å². The van der Waals surface area contributed by atoms with Crippen molar-refractivity contribution in [3.8, 4) is 0 Å². The fourth-order valence-electron chi connectivity index (χ4n) is 1.50. The van der Waals surface area contributed by atoms with Gasteiger partial charge in [0, 0.05) is 29.0 Å². The zero-order valence-electron chi connectivity index (χ0n) is 8.59. The van der Waals surface area contributed by atoms with E-state index in [2.05, 4.69) is 13.8 Å². The summed E-state index contributed by atoms with van der Waals surface area (Å²) in [6, 6.07) is 0. The second-order valence-corrected chi connectivity index (χ2v) is 5.78. The van der Waals surface area contributed by atoms with Crippen LogP contribution in [0.4, 0.5) is 5.00 Å². The number of thioether (sulfide) groups is 1. The Balaban J connectivity index is 2.53. The summed E-state index contributed by atoms with van der Waals surface area (Å²) >= 11 is 3.54. The first kappa shape index (κ1) is 10.1. The van der Waals surface area contributed by atoms with Gasteiger partial charge in [-0.05, 0) is 19.4 Å². The van der Waals surface area contributed by atoms with Crippen LogP contribution in [0.3, 0.4) is 0 Å². The highest BCUT2D eigenvalue weighted by atomic mass is 32.2. The molecule has 0 saturated heterocycles. The van der Waals surface area contributed by atoms with Gasteiger partial charge in [0.25, 0.3) is 0 Å². The molecule has 0 bridgehead atoms. The number of fused-ring (bicyclic) bond motifs is 1. The Morgan fingerprint density at radius 2 is 2.07 bits per heavy atom. The van der Waals surface area contributed by atoms with Gasteiger partial charge in [0.2, 0.25) is 5.91 Å². The maximum absolute atomic E-state index is 11.6. The van der Waals surface area contributed by atoms with Gasteiger partial charge in [-0.15, -0.1) is 23.1 Å². The lowest BCUT2D eigenvalue weighted by atomic mass is 10.3. The average Bonchev–Trinajstić information content (AvgIpc) is 2.35. The van der Waals surface area contributed by atoms with Crippen LogP contribution in [0.1, 0.15) is 16.9 Å². The van der Waals surface area contributed by atoms with Crippen molar-refractivity contribution in [2.24, 2.45) is 0 Å². The van der Waals surface area contributed by atoms with E-state index < -0.39 is 0 Å². The summed E-state index contributed by atoms with van der Waals surface area (Å²) in [6.07, 6.45) is 0.654.